The van der Waals surface area contributed by atoms with E-state index in [2.05, 4.69) is 6.92 Å². The second-order valence-electron chi connectivity index (χ2n) is 7.31. The normalized spacial score (nSPS) is 50.4. The number of rotatable bonds is 2. The standard InChI is InChI=1S/C15H28O4/c1-10-4-7-15(19)12(10)8-11(13(2,17)9-16)5-6-14(15,3)18/h10-12,16-19H,4-9H2,1-3H3/t10-,11+,12-,13-,14+,15-/m0/s1. The van der Waals surface area contributed by atoms with Crippen molar-refractivity contribution in [1.29, 1.82) is 0 Å². The molecular formula is C15H28O4. The Morgan fingerprint density at radius 3 is 2.42 bits per heavy atom. The average molecular weight is 272 g/mol. The summed E-state index contributed by atoms with van der Waals surface area (Å²) in [7, 11) is 0. The lowest BCUT2D eigenvalue weighted by Gasteiger charge is -2.42. The van der Waals surface area contributed by atoms with Gasteiger partial charge in [0.1, 0.15) is 0 Å². The zero-order valence-electron chi connectivity index (χ0n) is 12.3. The van der Waals surface area contributed by atoms with Crippen LogP contribution in [0.25, 0.3) is 0 Å². The summed E-state index contributed by atoms with van der Waals surface area (Å²) in [5.74, 6) is 0.253. The number of aliphatic hydroxyl groups excluding tert-OH is 1. The minimum atomic E-state index is -1.14. The van der Waals surface area contributed by atoms with Crippen LogP contribution in [0, 0.1) is 17.8 Å². The van der Waals surface area contributed by atoms with Crippen molar-refractivity contribution in [2.75, 3.05) is 6.61 Å². The Morgan fingerprint density at radius 1 is 1.21 bits per heavy atom. The van der Waals surface area contributed by atoms with E-state index in [9.17, 15) is 20.4 Å². The molecule has 0 spiro atoms. The van der Waals surface area contributed by atoms with Crippen LogP contribution in [0.2, 0.25) is 0 Å². The van der Waals surface area contributed by atoms with Gasteiger partial charge in [0.25, 0.3) is 0 Å². The molecule has 19 heavy (non-hydrogen) atoms. The predicted octanol–water partition coefficient (Wildman–Crippen LogP) is 1.06. The van der Waals surface area contributed by atoms with E-state index in [0.29, 0.717) is 31.6 Å². The first-order valence-electron chi connectivity index (χ1n) is 7.42. The third-order valence-electron chi connectivity index (χ3n) is 5.93. The highest BCUT2D eigenvalue weighted by atomic mass is 16.4. The van der Waals surface area contributed by atoms with Crippen molar-refractivity contribution in [3.8, 4) is 0 Å². The van der Waals surface area contributed by atoms with E-state index in [-0.39, 0.29) is 18.4 Å². The molecule has 4 nitrogen and oxygen atoms in total. The smallest absolute Gasteiger partial charge is 0.0961 e. The van der Waals surface area contributed by atoms with Gasteiger partial charge in [0.05, 0.1) is 23.4 Å². The number of hydrogen-bond acceptors (Lipinski definition) is 4. The molecule has 0 radical (unpaired) electrons. The predicted molar refractivity (Wildman–Crippen MR) is 72.5 cm³/mol. The van der Waals surface area contributed by atoms with Gasteiger partial charge in [-0.25, -0.2) is 0 Å². The molecule has 112 valence electrons. The Kier molecular flexibility index (Phi) is 3.76. The van der Waals surface area contributed by atoms with Crippen LogP contribution >= 0.6 is 0 Å². The third kappa shape index (κ3) is 2.33. The first kappa shape index (κ1) is 15.2. The van der Waals surface area contributed by atoms with Crippen molar-refractivity contribution < 1.29 is 20.4 Å². The quantitative estimate of drug-likeness (QED) is 0.606. The molecule has 0 aromatic heterocycles. The van der Waals surface area contributed by atoms with Crippen LogP contribution in [0.3, 0.4) is 0 Å². The molecule has 0 aromatic carbocycles. The third-order valence-corrected chi connectivity index (χ3v) is 5.93. The summed E-state index contributed by atoms with van der Waals surface area (Å²) < 4.78 is 0. The second-order valence-corrected chi connectivity index (χ2v) is 7.31. The maximum Gasteiger partial charge on any atom is 0.0961 e. The molecule has 0 unspecified atom stereocenters. The van der Waals surface area contributed by atoms with Crippen LogP contribution < -0.4 is 0 Å². The van der Waals surface area contributed by atoms with Gasteiger partial charge in [-0.15, -0.1) is 0 Å². The van der Waals surface area contributed by atoms with E-state index in [1.807, 2.05) is 0 Å². The molecule has 6 atom stereocenters. The number of aliphatic hydroxyl groups is 4. The summed E-state index contributed by atoms with van der Waals surface area (Å²) in [6.45, 7) is 5.19. The fraction of sp³-hybridized carbons (Fsp3) is 1.00. The number of hydrogen-bond donors (Lipinski definition) is 4. The molecule has 0 aliphatic heterocycles. The van der Waals surface area contributed by atoms with Crippen LogP contribution in [-0.2, 0) is 0 Å². The highest BCUT2D eigenvalue weighted by molar-refractivity contribution is 5.10. The zero-order valence-corrected chi connectivity index (χ0v) is 12.3. The van der Waals surface area contributed by atoms with Gasteiger partial charge >= 0.3 is 0 Å². The summed E-state index contributed by atoms with van der Waals surface area (Å²) in [5, 5.41) is 41.3. The van der Waals surface area contributed by atoms with Crippen LogP contribution in [0.15, 0.2) is 0 Å². The topological polar surface area (TPSA) is 80.9 Å². The summed E-state index contributed by atoms with van der Waals surface area (Å²) in [6, 6.07) is 0. The molecule has 2 fully saturated rings. The SMILES string of the molecule is C[C@H]1CC[C@]2(O)[C@H]1C[C@H]([C@@](C)(O)CO)CC[C@@]2(C)O. The molecule has 0 bridgehead atoms. The largest absolute Gasteiger partial charge is 0.393 e. The zero-order chi connectivity index (χ0) is 14.5. The van der Waals surface area contributed by atoms with E-state index < -0.39 is 16.8 Å². The van der Waals surface area contributed by atoms with Crippen LogP contribution in [0.1, 0.15) is 52.9 Å². The van der Waals surface area contributed by atoms with E-state index in [4.69, 9.17) is 0 Å². The molecule has 2 saturated carbocycles. The minimum absolute atomic E-state index is 0.00646. The summed E-state index contributed by atoms with van der Waals surface area (Å²) in [6.07, 6.45) is 3.30. The van der Waals surface area contributed by atoms with E-state index in [0.717, 1.165) is 6.42 Å². The summed E-state index contributed by atoms with van der Waals surface area (Å²) >= 11 is 0. The first-order chi connectivity index (χ1) is 8.64. The Bertz CT molecular complexity index is 339. The molecule has 2 aliphatic carbocycles. The van der Waals surface area contributed by atoms with Gasteiger partial charge in [-0.1, -0.05) is 6.92 Å². The van der Waals surface area contributed by atoms with Crippen LogP contribution in [0.5, 0.6) is 0 Å². The fourth-order valence-electron chi connectivity index (χ4n) is 4.19. The Morgan fingerprint density at radius 2 is 1.84 bits per heavy atom. The van der Waals surface area contributed by atoms with Crippen molar-refractivity contribution in [3.63, 3.8) is 0 Å². The molecule has 2 aliphatic rings. The van der Waals surface area contributed by atoms with Gasteiger partial charge in [0.15, 0.2) is 0 Å². The maximum atomic E-state index is 11.0. The van der Waals surface area contributed by atoms with Gasteiger partial charge in [0, 0.05) is 0 Å². The van der Waals surface area contributed by atoms with Gasteiger partial charge in [0.2, 0.25) is 0 Å². The second kappa shape index (κ2) is 4.69. The molecule has 2 rings (SSSR count). The van der Waals surface area contributed by atoms with E-state index in [1.54, 1.807) is 13.8 Å². The molecule has 0 aromatic rings. The Labute approximate surface area is 115 Å². The Balaban J connectivity index is 2.31. The average Bonchev–Trinajstić information content (AvgIpc) is 2.56. The lowest BCUT2D eigenvalue weighted by molar-refractivity contribution is -0.163. The highest BCUT2D eigenvalue weighted by Crippen LogP contribution is 2.54. The molecular weight excluding hydrogens is 244 g/mol. The molecule has 0 amide bonds. The van der Waals surface area contributed by atoms with E-state index >= 15 is 0 Å². The minimum Gasteiger partial charge on any atom is -0.393 e. The van der Waals surface area contributed by atoms with Crippen molar-refractivity contribution in [2.24, 2.45) is 17.8 Å². The van der Waals surface area contributed by atoms with Crippen LogP contribution in [0.4, 0.5) is 0 Å². The maximum absolute atomic E-state index is 11.0. The lowest BCUT2D eigenvalue weighted by atomic mass is 9.72. The Hall–Kier alpha value is -0.160. The van der Waals surface area contributed by atoms with E-state index in [1.165, 1.54) is 0 Å². The van der Waals surface area contributed by atoms with Gasteiger partial charge < -0.3 is 20.4 Å². The first-order valence-corrected chi connectivity index (χ1v) is 7.42. The number of fused-ring (bicyclic) bond motifs is 1. The monoisotopic (exact) mass is 272 g/mol. The lowest BCUT2D eigenvalue weighted by Crippen LogP contribution is -2.54. The van der Waals surface area contributed by atoms with Crippen LogP contribution in [-0.4, -0.2) is 43.8 Å². The van der Waals surface area contributed by atoms with Gasteiger partial charge in [-0.3, -0.25) is 0 Å². The van der Waals surface area contributed by atoms with Crippen molar-refractivity contribution in [3.05, 3.63) is 0 Å². The highest BCUT2D eigenvalue weighted by Gasteiger charge is 2.58. The van der Waals surface area contributed by atoms with Crippen molar-refractivity contribution in [2.45, 2.75) is 69.7 Å². The van der Waals surface area contributed by atoms with Crippen molar-refractivity contribution in [1.82, 2.24) is 0 Å². The summed E-state index contributed by atoms with van der Waals surface area (Å²) in [4.78, 5) is 0. The van der Waals surface area contributed by atoms with Gasteiger partial charge in [-0.2, -0.15) is 0 Å². The van der Waals surface area contributed by atoms with Gasteiger partial charge in [-0.05, 0) is 63.7 Å². The molecule has 0 saturated heterocycles. The fourth-order valence-corrected chi connectivity index (χ4v) is 4.19. The molecule has 0 heterocycles. The summed E-state index contributed by atoms with van der Waals surface area (Å²) in [5.41, 5.74) is -3.29. The molecule has 4 N–H and O–H groups in total. The van der Waals surface area contributed by atoms with Crippen molar-refractivity contribution >= 4 is 0 Å². The molecule has 4 heteroatoms.